The van der Waals surface area contributed by atoms with Crippen LogP contribution < -0.4 is 0 Å². The van der Waals surface area contributed by atoms with E-state index in [4.69, 9.17) is 17.0 Å². The largest absolute Gasteiger partial charge is 0.493 e. The fraction of sp³-hybridized carbons (Fsp3) is 0.294. The van der Waals surface area contributed by atoms with Crippen molar-refractivity contribution >= 4 is 46.6 Å². The van der Waals surface area contributed by atoms with E-state index in [1.54, 1.807) is 11.7 Å². The molecule has 0 unspecified atom stereocenters. The van der Waals surface area contributed by atoms with Crippen LogP contribution in [0.4, 0.5) is 5.69 Å². The Morgan fingerprint density at radius 2 is 2.17 bits per heavy atom. The number of thiazole rings is 1. The summed E-state index contributed by atoms with van der Waals surface area (Å²) in [6.45, 7) is 3.28. The molecule has 23 heavy (non-hydrogen) atoms. The first kappa shape index (κ1) is 16.1. The fourth-order valence-electron chi connectivity index (χ4n) is 2.62. The monoisotopic (exact) mass is 346 g/mol. The fourth-order valence-corrected chi connectivity index (χ4v) is 3.92. The molecule has 0 saturated heterocycles. The average molecular weight is 346 g/mol. The number of allylic oxidation sites excluding steroid dienone is 1. The van der Waals surface area contributed by atoms with Crippen molar-refractivity contribution in [3.8, 4) is 5.88 Å². The van der Waals surface area contributed by atoms with Gasteiger partial charge in [-0.25, -0.2) is 0 Å². The zero-order chi connectivity index (χ0) is 16.4. The lowest BCUT2D eigenvalue weighted by molar-refractivity contribution is 0.189. The SMILES string of the molecule is COCCCn1c(O)c(/C=C2\C(C)=Nc3ccccc32)sc1=S. The van der Waals surface area contributed by atoms with Crippen LogP contribution in [0.15, 0.2) is 29.3 Å². The average Bonchev–Trinajstić information content (AvgIpc) is 2.99. The van der Waals surface area contributed by atoms with Crippen molar-refractivity contribution in [1.82, 2.24) is 4.57 Å². The molecule has 1 aromatic carbocycles. The van der Waals surface area contributed by atoms with Gasteiger partial charge in [0.25, 0.3) is 0 Å². The smallest absolute Gasteiger partial charge is 0.210 e. The van der Waals surface area contributed by atoms with Crippen LogP contribution in [-0.2, 0) is 11.3 Å². The molecule has 0 bridgehead atoms. The minimum absolute atomic E-state index is 0.223. The summed E-state index contributed by atoms with van der Waals surface area (Å²) in [5.74, 6) is 0.223. The Morgan fingerprint density at radius 3 is 2.96 bits per heavy atom. The number of hydrogen-bond donors (Lipinski definition) is 1. The summed E-state index contributed by atoms with van der Waals surface area (Å²) in [6.07, 6.45) is 2.79. The molecular weight excluding hydrogens is 328 g/mol. The Bertz CT molecular complexity index is 847. The van der Waals surface area contributed by atoms with Crippen molar-refractivity contribution < 1.29 is 9.84 Å². The highest BCUT2D eigenvalue weighted by atomic mass is 32.1. The third-order valence-electron chi connectivity index (χ3n) is 3.77. The number of ether oxygens (including phenoxy) is 1. The number of aromatic hydroxyl groups is 1. The Kier molecular flexibility index (Phi) is 4.75. The molecule has 4 nitrogen and oxygen atoms in total. The molecule has 1 N–H and O–H groups in total. The van der Waals surface area contributed by atoms with Gasteiger partial charge in [-0.05, 0) is 37.7 Å². The Labute approximate surface area is 144 Å². The van der Waals surface area contributed by atoms with Gasteiger partial charge in [-0.2, -0.15) is 0 Å². The number of rotatable bonds is 5. The van der Waals surface area contributed by atoms with Gasteiger partial charge in [-0.1, -0.05) is 18.2 Å². The first-order valence-corrected chi connectivity index (χ1v) is 8.62. The predicted molar refractivity (Wildman–Crippen MR) is 98.4 cm³/mol. The van der Waals surface area contributed by atoms with Crippen LogP contribution >= 0.6 is 23.6 Å². The van der Waals surface area contributed by atoms with Crippen LogP contribution in [-0.4, -0.2) is 29.1 Å². The molecule has 0 spiro atoms. The number of aromatic nitrogens is 1. The maximum absolute atomic E-state index is 10.5. The Balaban J connectivity index is 1.96. The van der Waals surface area contributed by atoms with Crippen LogP contribution in [0.1, 0.15) is 23.8 Å². The zero-order valence-corrected chi connectivity index (χ0v) is 14.7. The highest BCUT2D eigenvalue weighted by Crippen LogP contribution is 2.38. The molecule has 2 heterocycles. The van der Waals surface area contributed by atoms with Crippen LogP contribution in [0, 0.1) is 3.95 Å². The van der Waals surface area contributed by atoms with Gasteiger partial charge in [0.15, 0.2) is 3.95 Å². The summed E-state index contributed by atoms with van der Waals surface area (Å²) in [4.78, 5) is 5.34. The van der Waals surface area contributed by atoms with Crippen LogP contribution in [0.2, 0.25) is 0 Å². The molecule has 0 saturated carbocycles. The molecule has 0 atom stereocenters. The van der Waals surface area contributed by atoms with E-state index < -0.39 is 0 Å². The van der Waals surface area contributed by atoms with Gasteiger partial charge in [-0.3, -0.25) is 9.56 Å². The minimum atomic E-state index is 0.223. The van der Waals surface area contributed by atoms with Gasteiger partial charge in [0, 0.05) is 37.1 Å². The van der Waals surface area contributed by atoms with Crippen molar-refractivity contribution in [1.29, 1.82) is 0 Å². The van der Waals surface area contributed by atoms with Crippen LogP contribution in [0.25, 0.3) is 11.6 Å². The van der Waals surface area contributed by atoms with Crippen LogP contribution in [0.5, 0.6) is 5.88 Å². The van der Waals surface area contributed by atoms with E-state index in [2.05, 4.69) is 4.99 Å². The second-order valence-corrected chi connectivity index (χ2v) is 7.00. The van der Waals surface area contributed by atoms with Gasteiger partial charge in [0.05, 0.1) is 10.6 Å². The maximum Gasteiger partial charge on any atom is 0.210 e. The Morgan fingerprint density at radius 1 is 1.39 bits per heavy atom. The van der Waals surface area contributed by atoms with Gasteiger partial charge in [0.1, 0.15) is 0 Å². The molecule has 0 amide bonds. The highest BCUT2D eigenvalue weighted by molar-refractivity contribution is 7.73. The Hall–Kier alpha value is -1.76. The van der Waals surface area contributed by atoms with E-state index in [9.17, 15) is 5.11 Å². The number of fused-ring (bicyclic) bond motifs is 1. The number of benzene rings is 1. The van der Waals surface area contributed by atoms with Gasteiger partial charge < -0.3 is 9.84 Å². The molecule has 1 aromatic heterocycles. The summed E-state index contributed by atoms with van der Waals surface area (Å²) in [5.41, 5.74) is 4.06. The van der Waals surface area contributed by atoms with Crippen molar-refractivity contribution in [2.75, 3.05) is 13.7 Å². The minimum Gasteiger partial charge on any atom is -0.493 e. The molecule has 6 heteroatoms. The first-order valence-electron chi connectivity index (χ1n) is 7.40. The number of methoxy groups -OCH3 is 1. The second-order valence-electron chi connectivity index (χ2n) is 5.33. The zero-order valence-electron chi connectivity index (χ0n) is 13.1. The van der Waals surface area contributed by atoms with Crippen LogP contribution in [0.3, 0.4) is 0 Å². The maximum atomic E-state index is 10.5. The van der Waals surface area contributed by atoms with Gasteiger partial charge in [0.2, 0.25) is 5.88 Å². The molecule has 0 aliphatic carbocycles. The normalized spacial score (nSPS) is 15.0. The molecule has 1 aliphatic rings. The van der Waals surface area contributed by atoms with Crippen molar-refractivity contribution in [3.05, 3.63) is 38.7 Å². The third-order valence-corrected chi connectivity index (χ3v) is 5.16. The number of para-hydroxylation sites is 1. The van der Waals surface area contributed by atoms with E-state index in [0.717, 1.165) is 33.8 Å². The van der Waals surface area contributed by atoms with E-state index in [0.29, 0.717) is 17.1 Å². The summed E-state index contributed by atoms with van der Waals surface area (Å²) in [5, 5.41) is 10.5. The first-order chi connectivity index (χ1) is 11.1. The third kappa shape index (κ3) is 3.15. The molecule has 120 valence electrons. The quantitative estimate of drug-likeness (QED) is 0.632. The lowest BCUT2D eigenvalue weighted by Gasteiger charge is -2.04. The predicted octanol–water partition coefficient (Wildman–Crippen LogP) is 4.67. The lowest BCUT2D eigenvalue weighted by atomic mass is 10.0. The molecule has 2 aromatic rings. The van der Waals surface area contributed by atoms with Crippen molar-refractivity contribution in [3.63, 3.8) is 0 Å². The van der Waals surface area contributed by atoms with E-state index in [1.165, 1.54) is 11.3 Å². The van der Waals surface area contributed by atoms with Crippen molar-refractivity contribution in [2.24, 2.45) is 4.99 Å². The molecule has 0 fully saturated rings. The van der Waals surface area contributed by atoms with Gasteiger partial charge >= 0.3 is 0 Å². The summed E-state index contributed by atoms with van der Waals surface area (Å²) >= 11 is 6.80. The standard InChI is InChI=1S/C17H18N2O2S2/c1-11-13(12-6-3-4-7-14(12)18-11)10-15-16(20)19(17(22)23-15)8-5-9-21-2/h3-4,6-7,10,20H,5,8-9H2,1-2H3/b13-10+. The van der Waals surface area contributed by atoms with E-state index in [1.807, 2.05) is 37.3 Å². The number of hydrogen-bond acceptors (Lipinski definition) is 5. The molecule has 3 rings (SSSR count). The van der Waals surface area contributed by atoms with Gasteiger partial charge in [-0.15, -0.1) is 11.3 Å². The lowest BCUT2D eigenvalue weighted by Crippen LogP contribution is -2.00. The number of aliphatic imine (C=N–C) groups is 1. The van der Waals surface area contributed by atoms with E-state index in [-0.39, 0.29) is 5.88 Å². The second kappa shape index (κ2) is 6.78. The summed E-state index contributed by atoms with van der Waals surface area (Å²) in [6, 6.07) is 8.02. The summed E-state index contributed by atoms with van der Waals surface area (Å²) < 4.78 is 7.49. The molecular formula is C17H18N2O2S2. The number of nitrogens with zero attached hydrogens (tertiary/aromatic N) is 2. The van der Waals surface area contributed by atoms with E-state index >= 15 is 0 Å². The molecule has 1 aliphatic heterocycles. The van der Waals surface area contributed by atoms with Crippen molar-refractivity contribution in [2.45, 2.75) is 19.9 Å². The summed E-state index contributed by atoms with van der Waals surface area (Å²) in [7, 11) is 1.67. The topological polar surface area (TPSA) is 46.8 Å². The highest BCUT2D eigenvalue weighted by Gasteiger charge is 2.19. The molecule has 0 radical (unpaired) electrons.